The van der Waals surface area contributed by atoms with E-state index >= 15 is 0 Å². The number of hydrogen-bond donors (Lipinski definition) is 1. The second-order valence-electron chi connectivity index (χ2n) is 7.02. The quantitative estimate of drug-likeness (QED) is 0.512. The van der Waals surface area contributed by atoms with Gasteiger partial charge in [0, 0.05) is 17.2 Å². The number of methoxy groups -OCH3 is 2. The molecule has 164 valence electrons. The minimum Gasteiger partial charge on any atom is -0.493 e. The molecule has 31 heavy (non-hydrogen) atoms. The van der Waals surface area contributed by atoms with Crippen molar-refractivity contribution in [1.82, 2.24) is 10.1 Å². The number of nitrogens with zero attached hydrogens (tertiary/aromatic N) is 2. The topological polar surface area (TPSA) is 87.9 Å². The van der Waals surface area contributed by atoms with Gasteiger partial charge < -0.3 is 28.8 Å². The molecule has 8 nitrogen and oxygen atoms in total. The molecule has 1 aliphatic rings. The summed E-state index contributed by atoms with van der Waals surface area (Å²) in [6, 6.07) is 10.9. The van der Waals surface area contributed by atoms with E-state index in [-0.39, 0.29) is 6.10 Å². The molecule has 1 N–H and O–H groups in total. The Morgan fingerprint density at radius 2 is 1.94 bits per heavy atom. The largest absolute Gasteiger partial charge is 0.493 e. The summed E-state index contributed by atoms with van der Waals surface area (Å²) in [5.74, 6) is 2.80. The van der Waals surface area contributed by atoms with E-state index in [0.717, 1.165) is 30.7 Å². The number of aromatic nitrogens is 2. The van der Waals surface area contributed by atoms with Crippen LogP contribution in [0, 0.1) is 0 Å². The summed E-state index contributed by atoms with van der Waals surface area (Å²) in [6.07, 6.45) is 2.21. The minimum absolute atomic E-state index is 0.128. The predicted molar refractivity (Wildman–Crippen MR) is 116 cm³/mol. The number of ether oxygens (including phenoxy) is 4. The Bertz CT molecular complexity index is 1020. The van der Waals surface area contributed by atoms with E-state index in [0.29, 0.717) is 47.1 Å². The van der Waals surface area contributed by atoms with E-state index in [2.05, 4.69) is 15.5 Å². The molecule has 2 heterocycles. The van der Waals surface area contributed by atoms with Gasteiger partial charge in [0.15, 0.2) is 11.5 Å². The van der Waals surface area contributed by atoms with Crippen molar-refractivity contribution < 1.29 is 23.5 Å². The normalized spacial score (nSPS) is 15.6. The van der Waals surface area contributed by atoms with Crippen LogP contribution in [-0.4, -0.2) is 43.7 Å². The van der Waals surface area contributed by atoms with Gasteiger partial charge in [0.05, 0.1) is 32.6 Å². The van der Waals surface area contributed by atoms with E-state index in [9.17, 15) is 0 Å². The van der Waals surface area contributed by atoms with Gasteiger partial charge in [-0.1, -0.05) is 16.8 Å². The molecule has 0 bridgehead atoms. The fraction of sp³-hybridized carbons (Fsp3) is 0.364. The SMILES string of the molecule is COc1ccc(-c2noc(CNc3cc(Cl)ccc3OCC3CCCO3)n2)cc1OC. The first-order valence-electron chi connectivity index (χ1n) is 9.99. The molecule has 0 radical (unpaired) electrons. The van der Waals surface area contributed by atoms with Crippen molar-refractivity contribution in [2.75, 3.05) is 32.8 Å². The summed E-state index contributed by atoms with van der Waals surface area (Å²) in [5.41, 5.74) is 1.51. The average molecular weight is 446 g/mol. The third kappa shape index (κ3) is 5.21. The Kier molecular flexibility index (Phi) is 6.79. The number of halogens is 1. The predicted octanol–water partition coefficient (Wildman–Crippen LogP) is 4.58. The minimum atomic E-state index is 0.128. The number of benzene rings is 2. The second kappa shape index (κ2) is 9.89. The molecule has 1 atom stereocenters. The smallest absolute Gasteiger partial charge is 0.246 e. The van der Waals surface area contributed by atoms with Gasteiger partial charge in [-0.2, -0.15) is 4.98 Å². The molecule has 4 rings (SSSR count). The monoisotopic (exact) mass is 445 g/mol. The molecule has 1 aliphatic heterocycles. The lowest BCUT2D eigenvalue weighted by Crippen LogP contribution is -2.17. The zero-order valence-electron chi connectivity index (χ0n) is 17.4. The highest BCUT2D eigenvalue weighted by atomic mass is 35.5. The van der Waals surface area contributed by atoms with E-state index in [1.165, 1.54) is 0 Å². The lowest BCUT2D eigenvalue weighted by atomic mass is 10.2. The second-order valence-corrected chi connectivity index (χ2v) is 7.46. The van der Waals surface area contributed by atoms with E-state index < -0.39 is 0 Å². The van der Waals surface area contributed by atoms with Crippen molar-refractivity contribution in [2.45, 2.75) is 25.5 Å². The van der Waals surface area contributed by atoms with Crippen molar-refractivity contribution in [3.63, 3.8) is 0 Å². The first kappa shape index (κ1) is 21.3. The lowest BCUT2D eigenvalue weighted by Gasteiger charge is -2.15. The molecule has 2 aromatic carbocycles. The van der Waals surface area contributed by atoms with Crippen LogP contribution in [0.1, 0.15) is 18.7 Å². The number of nitrogens with one attached hydrogen (secondary N) is 1. The highest BCUT2D eigenvalue weighted by Crippen LogP contribution is 2.32. The summed E-state index contributed by atoms with van der Waals surface area (Å²) >= 11 is 6.17. The molecule has 9 heteroatoms. The Morgan fingerprint density at radius 3 is 2.71 bits per heavy atom. The van der Waals surface area contributed by atoms with Crippen LogP contribution in [0.2, 0.25) is 5.02 Å². The van der Waals surface area contributed by atoms with Gasteiger partial charge in [0.2, 0.25) is 11.7 Å². The Labute approximate surface area is 185 Å². The molecule has 0 amide bonds. The molecule has 0 spiro atoms. The van der Waals surface area contributed by atoms with Crippen molar-refractivity contribution in [3.05, 3.63) is 47.3 Å². The average Bonchev–Trinajstić information content (AvgIpc) is 3.48. The summed E-state index contributed by atoms with van der Waals surface area (Å²) in [6.45, 7) is 1.61. The number of hydrogen-bond acceptors (Lipinski definition) is 8. The zero-order valence-corrected chi connectivity index (χ0v) is 18.1. The van der Waals surface area contributed by atoms with Crippen LogP contribution >= 0.6 is 11.6 Å². The van der Waals surface area contributed by atoms with Crippen LogP contribution in [-0.2, 0) is 11.3 Å². The highest BCUT2D eigenvalue weighted by molar-refractivity contribution is 6.30. The fourth-order valence-corrected chi connectivity index (χ4v) is 3.49. The molecule has 0 saturated carbocycles. The first-order valence-corrected chi connectivity index (χ1v) is 10.4. The fourth-order valence-electron chi connectivity index (χ4n) is 3.31. The first-order chi connectivity index (χ1) is 15.2. The standard InChI is InChI=1S/C22H24ClN3O5/c1-27-19-7-5-14(10-20(19)28-2)22-25-21(31-26-22)12-24-17-11-15(23)6-8-18(17)30-13-16-4-3-9-29-16/h5-8,10-11,16,24H,3-4,9,12-13H2,1-2H3. The van der Waals surface area contributed by atoms with E-state index in [1.54, 1.807) is 38.5 Å². The Balaban J connectivity index is 1.43. The van der Waals surface area contributed by atoms with Gasteiger partial charge in [-0.25, -0.2) is 0 Å². The molecular weight excluding hydrogens is 422 g/mol. The lowest BCUT2D eigenvalue weighted by molar-refractivity contribution is 0.0682. The van der Waals surface area contributed by atoms with Crippen LogP contribution in [0.25, 0.3) is 11.4 Å². The van der Waals surface area contributed by atoms with Gasteiger partial charge >= 0.3 is 0 Å². The van der Waals surface area contributed by atoms with Crippen LogP contribution in [0.15, 0.2) is 40.9 Å². The van der Waals surface area contributed by atoms with Gasteiger partial charge in [0.1, 0.15) is 12.4 Å². The molecule has 1 aromatic heterocycles. The van der Waals surface area contributed by atoms with Gasteiger partial charge in [-0.15, -0.1) is 0 Å². The zero-order chi connectivity index (χ0) is 21.6. The number of anilines is 1. The summed E-state index contributed by atoms with van der Waals surface area (Å²) in [5, 5.41) is 7.92. The maximum Gasteiger partial charge on any atom is 0.246 e. The van der Waals surface area contributed by atoms with E-state index in [1.807, 2.05) is 12.1 Å². The van der Waals surface area contributed by atoms with Crippen LogP contribution in [0.3, 0.4) is 0 Å². The Morgan fingerprint density at radius 1 is 1.10 bits per heavy atom. The molecular formula is C22H24ClN3O5. The van der Waals surface area contributed by atoms with Crippen LogP contribution in [0.4, 0.5) is 5.69 Å². The molecule has 0 aliphatic carbocycles. The van der Waals surface area contributed by atoms with Crippen molar-refractivity contribution in [2.24, 2.45) is 0 Å². The summed E-state index contributed by atoms with van der Waals surface area (Å²) < 4.78 is 27.6. The van der Waals surface area contributed by atoms with E-state index in [4.69, 9.17) is 35.1 Å². The molecule has 1 saturated heterocycles. The maximum atomic E-state index is 6.17. The highest BCUT2D eigenvalue weighted by Gasteiger charge is 2.17. The number of rotatable bonds is 9. The van der Waals surface area contributed by atoms with Crippen molar-refractivity contribution in [3.8, 4) is 28.6 Å². The summed E-state index contributed by atoms with van der Waals surface area (Å²) in [7, 11) is 3.17. The third-order valence-corrected chi connectivity index (χ3v) is 5.17. The van der Waals surface area contributed by atoms with Crippen LogP contribution < -0.4 is 19.5 Å². The van der Waals surface area contributed by atoms with Crippen molar-refractivity contribution in [1.29, 1.82) is 0 Å². The molecule has 1 fully saturated rings. The van der Waals surface area contributed by atoms with Gasteiger partial charge in [0.25, 0.3) is 0 Å². The third-order valence-electron chi connectivity index (χ3n) is 4.93. The van der Waals surface area contributed by atoms with Crippen LogP contribution in [0.5, 0.6) is 17.2 Å². The maximum absolute atomic E-state index is 6.17. The molecule has 1 unspecified atom stereocenters. The van der Waals surface area contributed by atoms with Gasteiger partial charge in [-0.05, 0) is 49.2 Å². The van der Waals surface area contributed by atoms with Gasteiger partial charge in [-0.3, -0.25) is 0 Å². The molecule has 3 aromatic rings. The van der Waals surface area contributed by atoms with Crippen molar-refractivity contribution >= 4 is 17.3 Å². The summed E-state index contributed by atoms with van der Waals surface area (Å²) in [4.78, 5) is 4.46. The Hall–Kier alpha value is -2.97.